The quantitative estimate of drug-likeness (QED) is 0.777. The number of aromatic nitrogens is 3. The van der Waals surface area contributed by atoms with Gasteiger partial charge in [0, 0.05) is 0 Å². The van der Waals surface area contributed by atoms with Crippen LogP contribution in [-0.2, 0) is 0 Å². The van der Waals surface area contributed by atoms with Crippen molar-refractivity contribution >= 4 is 5.97 Å². The molecule has 2 rings (SSSR count). The highest BCUT2D eigenvalue weighted by atomic mass is 16.5. The molecular formula is C12H12N3O3-. The largest absolute Gasteiger partial charge is 0.543 e. The Morgan fingerprint density at radius 1 is 1.39 bits per heavy atom. The highest BCUT2D eigenvalue weighted by Gasteiger charge is 2.10. The van der Waals surface area contributed by atoms with Gasteiger partial charge in [0.2, 0.25) is 0 Å². The maximum Gasteiger partial charge on any atom is 0.131 e. The Kier molecular flexibility index (Phi) is 3.27. The van der Waals surface area contributed by atoms with Crippen LogP contribution in [0.5, 0.6) is 5.75 Å². The number of nitrogens with zero attached hydrogens (tertiary/aromatic N) is 3. The summed E-state index contributed by atoms with van der Waals surface area (Å²) in [6.45, 7) is 4.12. The zero-order valence-corrected chi connectivity index (χ0v) is 10.1. The van der Waals surface area contributed by atoms with E-state index >= 15 is 0 Å². The second kappa shape index (κ2) is 4.87. The molecule has 0 aliphatic heterocycles. The Bertz CT molecular complexity index is 560. The molecule has 6 nitrogen and oxygen atoms in total. The number of carboxylic acids is 1. The maximum atomic E-state index is 10.8. The Morgan fingerprint density at radius 3 is 2.56 bits per heavy atom. The molecule has 18 heavy (non-hydrogen) atoms. The summed E-state index contributed by atoms with van der Waals surface area (Å²) in [5.74, 6) is -0.580. The lowest BCUT2D eigenvalue weighted by Gasteiger charge is -2.06. The second-order valence-electron chi connectivity index (χ2n) is 3.65. The Labute approximate surface area is 104 Å². The summed E-state index contributed by atoms with van der Waals surface area (Å²) in [6, 6.07) is 7.15. The molecule has 0 spiro atoms. The average Bonchev–Trinajstić information content (AvgIpc) is 2.73. The van der Waals surface area contributed by atoms with Crippen LogP contribution in [0.2, 0.25) is 0 Å². The van der Waals surface area contributed by atoms with Gasteiger partial charge in [-0.05, 0) is 38.1 Å². The molecular weight excluding hydrogens is 234 g/mol. The topological polar surface area (TPSA) is 80.1 Å². The molecule has 0 fully saturated rings. The number of rotatable bonds is 4. The van der Waals surface area contributed by atoms with E-state index in [0.717, 1.165) is 11.4 Å². The zero-order valence-electron chi connectivity index (χ0n) is 10.1. The van der Waals surface area contributed by atoms with E-state index in [4.69, 9.17) is 4.74 Å². The molecule has 0 atom stereocenters. The second-order valence-corrected chi connectivity index (χ2v) is 3.65. The highest BCUT2D eigenvalue weighted by Crippen LogP contribution is 2.16. The van der Waals surface area contributed by atoms with Crippen molar-refractivity contribution in [1.29, 1.82) is 0 Å². The number of carbonyl (C=O) groups excluding carboxylic acids is 1. The van der Waals surface area contributed by atoms with Crippen LogP contribution in [0.4, 0.5) is 0 Å². The van der Waals surface area contributed by atoms with Gasteiger partial charge in [-0.3, -0.25) is 0 Å². The van der Waals surface area contributed by atoms with E-state index < -0.39 is 5.97 Å². The van der Waals surface area contributed by atoms with Crippen LogP contribution in [0.1, 0.15) is 23.1 Å². The summed E-state index contributed by atoms with van der Waals surface area (Å²) in [7, 11) is 0. The van der Waals surface area contributed by atoms with Crippen LogP contribution in [0, 0.1) is 6.92 Å². The number of hydrogen-bond acceptors (Lipinski definition) is 5. The Morgan fingerprint density at radius 2 is 2.06 bits per heavy atom. The summed E-state index contributed by atoms with van der Waals surface area (Å²) < 4.78 is 6.77. The van der Waals surface area contributed by atoms with Crippen LogP contribution < -0.4 is 9.84 Å². The molecule has 0 aliphatic carbocycles. The molecule has 94 valence electrons. The van der Waals surface area contributed by atoms with Crippen LogP contribution in [0.3, 0.4) is 0 Å². The van der Waals surface area contributed by atoms with Crippen molar-refractivity contribution in [3.63, 3.8) is 0 Å². The van der Waals surface area contributed by atoms with Crippen LogP contribution in [0.25, 0.3) is 5.69 Å². The lowest BCUT2D eigenvalue weighted by Crippen LogP contribution is -2.23. The number of hydrogen-bond donors (Lipinski definition) is 0. The molecule has 0 unspecified atom stereocenters. The standard InChI is InChI=1S/C12H13N3O3/c1-3-18-10-6-4-9(5-7-10)15-8(2)11(12(16)17)13-14-15/h4-7H,3H2,1-2H3,(H,16,17)/p-1. The van der Waals surface area contributed by atoms with Crippen molar-refractivity contribution in [2.75, 3.05) is 6.61 Å². The molecule has 0 radical (unpaired) electrons. The van der Waals surface area contributed by atoms with Gasteiger partial charge in [-0.1, -0.05) is 5.21 Å². The SMILES string of the molecule is CCOc1ccc(-n2nnc(C(=O)[O-])c2C)cc1. The molecule has 0 N–H and O–H groups in total. The van der Waals surface area contributed by atoms with Gasteiger partial charge in [0.15, 0.2) is 0 Å². The van der Waals surface area contributed by atoms with Gasteiger partial charge in [-0.25, -0.2) is 4.68 Å². The molecule has 0 bridgehead atoms. The number of benzene rings is 1. The Hall–Kier alpha value is -2.37. The highest BCUT2D eigenvalue weighted by molar-refractivity contribution is 5.84. The minimum atomic E-state index is -1.33. The predicted octanol–water partition coefficient (Wildman–Crippen LogP) is 0.338. The summed E-state index contributed by atoms with van der Waals surface area (Å²) in [5.41, 5.74) is 0.999. The van der Waals surface area contributed by atoms with Crippen LogP contribution in [0.15, 0.2) is 24.3 Å². The van der Waals surface area contributed by atoms with Gasteiger partial charge in [0.1, 0.15) is 11.4 Å². The lowest BCUT2D eigenvalue weighted by molar-refractivity contribution is -0.255. The van der Waals surface area contributed by atoms with E-state index in [1.807, 2.05) is 6.92 Å². The first-order valence-corrected chi connectivity index (χ1v) is 5.50. The minimum Gasteiger partial charge on any atom is -0.543 e. The monoisotopic (exact) mass is 246 g/mol. The van der Waals surface area contributed by atoms with E-state index in [1.165, 1.54) is 4.68 Å². The van der Waals surface area contributed by atoms with Crippen molar-refractivity contribution in [2.24, 2.45) is 0 Å². The molecule has 1 aromatic carbocycles. The average molecular weight is 246 g/mol. The summed E-state index contributed by atoms with van der Waals surface area (Å²) in [6.07, 6.45) is 0. The molecule has 6 heteroatoms. The van der Waals surface area contributed by atoms with Crippen molar-refractivity contribution in [2.45, 2.75) is 13.8 Å². The van der Waals surface area contributed by atoms with Crippen molar-refractivity contribution in [1.82, 2.24) is 15.0 Å². The fraction of sp³-hybridized carbons (Fsp3) is 0.250. The summed E-state index contributed by atoms with van der Waals surface area (Å²) in [4.78, 5) is 10.8. The number of carboxylic acid groups (broad SMARTS) is 1. The van der Waals surface area contributed by atoms with Gasteiger partial charge in [-0.2, -0.15) is 0 Å². The fourth-order valence-electron chi connectivity index (χ4n) is 1.61. The molecule has 2 aromatic rings. The van der Waals surface area contributed by atoms with E-state index in [9.17, 15) is 9.90 Å². The summed E-state index contributed by atoms with van der Waals surface area (Å²) >= 11 is 0. The smallest absolute Gasteiger partial charge is 0.131 e. The third-order valence-corrected chi connectivity index (χ3v) is 2.48. The third-order valence-electron chi connectivity index (χ3n) is 2.48. The van der Waals surface area contributed by atoms with Crippen molar-refractivity contribution < 1.29 is 14.6 Å². The van der Waals surface area contributed by atoms with Crippen LogP contribution >= 0.6 is 0 Å². The zero-order chi connectivity index (χ0) is 13.1. The molecule has 1 aromatic heterocycles. The van der Waals surface area contributed by atoms with Crippen molar-refractivity contribution in [3.05, 3.63) is 35.7 Å². The number of aromatic carboxylic acids is 1. The normalized spacial score (nSPS) is 10.3. The first-order valence-electron chi connectivity index (χ1n) is 5.50. The van der Waals surface area contributed by atoms with E-state index in [1.54, 1.807) is 31.2 Å². The fourth-order valence-corrected chi connectivity index (χ4v) is 1.61. The molecule has 0 amide bonds. The van der Waals surface area contributed by atoms with E-state index in [-0.39, 0.29) is 5.69 Å². The third kappa shape index (κ3) is 2.17. The molecule has 0 saturated heterocycles. The summed E-state index contributed by atoms with van der Waals surface area (Å²) in [5, 5.41) is 18.1. The predicted molar refractivity (Wildman–Crippen MR) is 61.6 cm³/mol. The maximum absolute atomic E-state index is 10.8. The van der Waals surface area contributed by atoms with E-state index in [2.05, 4.69) is 10.3 Å². The molecule has 1 heterocycles. The van der Waals surface area contributed by atoms with Gasteiger partial charge in [0.05, 0.1) is 24.0 Å². The first kappa shape index (κ1) is 12.1. The van der Waals surface area contributed by atoms with E-state index in [0.29, 0.717) is 12.3 Å². The number of ether oxygens (including phenoxy) is 1. The first-order chi connectivity index (χ1) is 8.63. The molecule has 0 aliphatic rings. The van der Waals surface area contributed by atoms with Crippen LogP contribution in [-0.4, -0.2) is 27.6 Å². The van der Waals surface area contributed by atoms with Gasteiger partial charge >= 0.3 is 0 Å². The van der Waals surface area contributed by atoms with Gasteiger partial charge < -0.3 is 14.6 Å². The van der Waals surface area contributed by atoms with Crippen molar-refractivity contribution in [3.8, 4) is 11.4 Å². The lowest BCUT2D eigenvalue weighted by atomic mass is 10.3. The van der Waals surface area contributed by atoms with Gasteiger partial charge in [0.25, 0.3) is 0 Å². The Balaban J connectivity index is 2.34. The number of carbonyl (C=O) groups is 1. The van der Waals surface area contributed by atoms with Gasteiger partial charge in [-0.15, -0.1) is 5.10 Å². The minimum absolute atomic E-state index is 0.149. The molecule has 0 saturated carbocycles.